The fourth-order valence-corrected chi connectivity index (χ4v) is 4.86. The monoisotopic (exact) mass is 464 g/mol. The van der Waals surface area contributed by atoms with Gasteiger partial charge in [0.2, 0.25) is 0 Å². The highest BCUT2D eigenvalue weighted by Crippen LogP contribution is 2.35. The van der Waals surface area contributed by atoms with E-state index in [1.54, 1.807) is 0 Å². The second-order valence-electron chi connectivity index (χ2n) is 8.82. The van der Waals surface area contributed by atoms with Crippen LogP contribution >= 0.6 is 0 Å². The first kappa shape index (κ1) is 24.6. The molecule has 1 saturated heterocycles. The summed E-state index contributed by atoms with van der Waals surface area (Å²) in [4.78, 5) is 11.8. The van der Waals surface area contributed by atoms with Gasteiger partial charge >= 0.3 is 0 Å². The topological polar surface area (TPSA) is 32.9 Å². The lowest BCUT2D eigenvalue weighted by Gasteiger charge is -2.29. The third kappa shape index (κ3) is 5.13. The summed E-state index contributed by atoms with van der Waals surface area (Å²) < 4.78 is 2.13. The summed E-state index contributed by atoms with van der Waals surface area (Å²) in [5.74, 6) is 0.680. The van der Waals surface area contributed by atoms with E-state index in [0.717, 1.165) is 28.2 Å². The molecule has 180 valence electrons. The van der Waals surface area contributed by atoms with E-state index in [2.05, 4.69) is 76.6 Å². The van der Waals surface area contributed by atoms with Gasteiger partial charge in [0.15, 0.2) is 0 Å². The van der Waals surface area contributed by atoms with Gasteiger partial charge in [0.25, 0.3) is 0 Å². The smallest absolute Gasteiger partial charge is 0.137 e. The molecule has 0 spiro atoms. The van der Waals surface area contributed by atoms with Crippen molar-refractivity contribution in [3.8, 4) is 22.4 Å². The number of rotatable bonds is 5. The Bertz CT molecular complexity index is 1310. The Kier molecular flexibility index (Phi) is 7.94. The number of nitrogens with zero attached hydrogens (tertiary/aromatic N) is 4. The third-order valence-electron chi connectivity index (χ3n) is 6.77. The maximum Gasteiger partial charge on any atom is 0.137 e. The number of imidazole rings is 1. The highest BCUT2D eigenvalue weighted by molar-refractivity contribution is 5.84. The lowest BCUT2D eigenvalue weighted by Crippen LogP contribution is -2.29. The molecule has 4 heteroatoms. The number of likely N-dealkylation sites (tertiary alicyclic amines) is 1. The van der Waals surface area contributed by atoms with E-state index in [0.29, 0.717) is 5.92 Å². The van der Waals surface area contributed by atoms with Crippen LogP contribution in [0.1, 0.15) is 50.7 Å². The second-order valence-corrected chi connectivity index (χ2v) is 8.82. The first-order chi connectivity index (χ1) is 17.2. The van der Waals surface area contributed by atoms with Crippen molar-refractivity contribution in [2.45, 2.75) is 39.5 Å². The molecule has 3 heterocycles. The molecule has 35 heavy (non-hydrogen) atoms. The van der Waals surface area contributed by atoms with Crippen molar-refractivity contribution in [1.82, 2.24) is 14.3 Å². The van der Waals surface area contributed by atoms with Crippen molar-refractivity contribution < 1.29 is 0 Å². The van der Waals surface area contributed by atoms with Crippen LogP contribution in [-0.2, 0) is 0 Å². The normalized spacial score (nSPS) is 14.7. The van der Waals surface area contributed by atoms with Crippen LogP contribution in [0.2, 0.25) is 0 Å². The summed E-state index contributed by atoms with van der Waals surface area (Å²) in [6.07, 6.45) is 10.2. The van der Waals surface area contributed by atoms with Crippen molar-refractivity contribution >= 4 is 23.6 Å². The van der Waals surface area contributed by atoms with Gasteiger partial charge in [-0.2, -0.15) is 0 Å². The minimum absolute atomic E-state index is 0.680. The number of piperidine rings is 1. The van der Waals surface area contributed by atoms with Gasteiger partial charge < -0.3 is 4.90 Å². The second kappa shape index (κ2) is 11.3. The van der Waals surface area contributed by atoms with Gasteiger partial charge in [0, 0.05) is 23.5 Å². The fraction of sp³-hybridized carbons (Fsp3) is 0.290. The standard InChI is InChI=1S/C29H30N4.C2H6/c1-4-21-7-6-8-26(29(21)30-5-2)27-20-31-28-19-25(15-18-33(27)28)23-11-9-22(10-12-23)24-13-16-32(3)17-14-24;1-2/h4-12,15,18-20,24H,1,13-14,16-17H2,2-3H3;1-2H3. The molecular weight excluding hydrogens is 428 g/mol. The molecular formula is C31H36N4. The zero-order valence-corrected chi connectivity index (χ0v) is 21.4. The number of aliphatic imine (C=N–C) groups is 1. The van der Waals surface area contributed by atoms with E-state index in [1.165, 1.54) is 42.6 Å². The molecule has 1 aliphatic rings. The molecule has 1 fully saturated rings. The van der Waals surface area contributed by atoms with E-state index in [4.69, 9.17) is 4.98 Å². The van der Waals surface area contributed by atoms with Crippen LogP contribution in [0.4, 0.5) is 5.69 Å². The highest BCUT2D eigenvalue weighted by atomic mass is 15.1. The van der Waals surface area contributed by atoms with Crippen LogP contribution in [-0.4, -0.2) is 40.6 Å². The van der Waals surface area contributed by atoms with Crippen LogP contribution < -0.4 is 0 Å². The maximum atomic E-state index is 4.72. The molecule has 0 saturated carbocycles. The molecule has 2 aromatic carbocycles. The quantitative estimate of drug-likeness (QED) is 0.282. The molecule has 0 aliphatic carbocycles. The van der Waals surface area contributed by atoms with Crippen LogP contribution in [0, 0.1) is 0 Å². The third-order valence-corrected chi connectivity index (χ3v) is 6.77. The summed E-state index contributed by atoms with van der Waals surface area (Å²) in [5.41, 5.74) is 8.81. The summed E-state index contributed by atoms with van der Waals surface area (Å²) in [5, 5.41) is 0. The largest absolute Gasteiger partial charge is 0.306 e. The Labute approximate surface area is 209 Å². The summed E-state index contributed by atoms with van der Waals surface area (Å²) in [6, 6.07) is 19.6. The maximum absolute atomic E-state index is 4.72. The van der Waals surface area contributed by atoms with Crippen molar-refractivity contribution in [3.05, 3.63) is 84.7 Å². The molecule has 0 N–H and O–H groups in total. The minimum atomic E-state index is 0.680. The van der Waals surface area contributed by atoms with Gasteiger partial charge in [-0.05, 0) is 74.6 Å². The number of hydrogen-bond donors (Lipinski definition) is 0. The summed E-state index contributed by atoms with van der Waals surface area (Å²) in [7, 11) is 2.21. The number of fused-ring (bicyclic) bond motifs is 1. The minimum Gasteiger partial charge on any atom is -0.306 e. The lowest BCUT2D eigenvalue weighted by molar-refractivity contribution is 0.255. The van der Waals surface area contributed by atoms with Crippen LogP contribution in [0.5, 0.6) is 0 Å². The highest BCUT2D eigenvalue weighted by Gasteiger charge is 2.18. The predicted octanol–water partition coefficient (Wildman–Crippen LogP) is 7.87. The average Bonchev–Trinajstić information content (AvgIpc) is 3.34. The molecule has 5 rings (SSSR count). The Balaban J connectivity index is 0.00000141. The van der Waals surface area contributed by atoms with Gasteiger partial charge in [-0.25, -0.2) is 4.98 Å². The summed E-state index contributed by atoms with van der Waals surface area (Å²) >= 11 is 0. The summed E-state index contributed by atoms with van der Waals surface area (Å²) in [6.45, 7) is 12.3. The Morgan fingerprint density at radius 1 is 1.00 bits per heavy atom. The van der Waals surface area contributed by atoms with Crippen LogP contribution in [0.15, 0.2) is 78.6 Å². The predicted molar refractivity (Wildman–Crippen MR) is 151 cm³/mol. The number of pyridine rings is 1. The van der Waals surface area contributed by atoms with Gasteiger partial charge in [-0.1, -0.05) is 69.0 Å². The molecule has 4 aromatic rings. The van der Waals surface area contributed by atoms with Gasteiger partial charge in [0.1, 0.15) is 5.65 Å². The molecule has 0 bridgehead atoms. The Morgan fingerprint density at radius 2 is 1.74 bits per heavy atom. The number of benzene rings is 2. The average molecular weight is 465 g/mol. The van der Waals surface area contributed by atoms with Gasteiger partial charge in [0.05, 0.1) is 17.6 Å². The van der Waals surface area contributed by atoms with Crippen molar-refractivity contribution in [2.75, 3.05) is 20.1 Å². The Hall–Kier alpha value is -3.50. The molecule has 1 aliphatic heterocycles. The van der Waals surface area contributed by atoms with Crippen LogP contribution in [0.25, 0.3) is 34.1 Å². The zero-order chi connectivity index (χ0) is 24.8. The van der Waals surface area contributed by atoms with E-state index >= 15 is 0 Å². The molecule has 2 aromatic heterocycles. The number of hydrogen-bond acceptors (Lipinski definition) is 3. The molecule has 0 amide bonds. The van der Waals surface area contributed by atoms with Crippen molar-refractivity contribution in [1.29, 1.82) is 0 Å². The first-order valence-electron chi connectivity index (χ1n) is 12.7. The van der Waals surface area contributed by atoms with Crippen molar-refractivity contribution in [2.24, 2.45) is 4.99 Å². The van der Waals surface area contributed by atoms with E-state index in [-0.39, 0.29) is 0 Å². The SMILES string of the molecule is C=Cc1cccc(-c2cnc3cc(-c4ccc(C5CCN(C)CC5)cc4)ccn23)c1N=CC.CC. The van der Waals surface area contributed by atoms with Gasteiger partial charge in [-0.3, -0.25) is 9.39 Å². The first-order valence-corrected chi connectivity index (χ1v) is 12.7. The molecule has 0 unspecified atom stereocenters. The molecule has 0 atom stereocenters. The van der Waals surface area contributed by atoms with E-state index < -0.39 is 0 Å². The molecule has 4 nitrogen and oxygen atoms in total. The Morgan fingerprint density at radius 3 is 2.43 bits per heavy atom. The molecule has 0 radical (unpaired) electrons. The lowest BCUT2D eigenvalue weighted by atomic mass is 9.89. The number of aromatic nitrogens is 2. The zero-order valence-electron chi connectivity index (χ0n) is 21.4. The van der Waals surface area contributed by atoms with Crippen molar-refractivity contribution in [3.63, 3.8) is 0 Å². The fourth-order valence-electron chi connectivity index (χ4n) is 4.86. The van der Waals surface area contributed by atoms with Crippen LogP contribution in [0.3, 0.4) is 0 Å². The van der Waals surface area contributed by atoms with E-state index in [1.807, 2.05) is 51.4 Å². The van der Waals surface area contributed by atoms with Gasteiger partial charge in [-0.15, -0.1) is 0 Å². The van der Waals surface area contributed by atoms with E-state index in [9.17, 15) is 0 Å². The number of para-hydroxylation sites is 1.